The summed E-state index contributed by atoms with van der Waals surface area (Å²) in [5.41, 5.74) is 2.57. The second kappa shape index (κ2) is 10.1. The van der Waals surface area contributed by atoms with E-state index in [1.165, 1.54) is 38.5 Å². The van der Waals surface area contributed by atoms with Gasteiger partial charge in [-0.15, -0.1) is 0 Å². The molecule has 0 saturated heterocycles. The predicted molar refractivity (Wildman–Crippen MR) is 136 cm³/mol. The van der Waals surface area contributed by atoms with Crippen LogP contribution in [0.3, 0.4) is 0 Å². The molecule has 0 bridgehead atoms. The Morgan fingerprint density at radius 2 is 1.55 bits per heavy atom. The molecule has 1 aromatic heterocycles. The lowest BCUT2D eigenvalue weighted by atomic mass is 9.88. The van der Waals surface area contributed by atoms with Crippen LogP contribution in [0.1, 0.15) is 64.2 Å². The first-order valence-corrected chi connectivity index (χ1v) is 13.1. The smallest absolute Gasteiger partial charge is 0.243 e. The summed E-state index contributed by atoms with van der Waals surface area (Å²) in [4.78, 5) is 21.2. The molecule has 3 aromatic rings. The van der Waals surface area contributed by atoms with Crippen LogP contribution in [0.15, 0.2) is 42.5 Å². The molecule has 0 atom stereocenters. The Morgan fingerprint density at radius 1 is 0.909 bits per heavy atom. The fourth-order valence-corrected chi connectivity index (χ4v) is 6.12. The number of rotatable bonds is 5. The van der Waals surface area contributed by atoms with Crippen molar-refractivity contribution in [2.45, 2.75) is 82.8 Å². The average molecular weight is 484 g/mol. The molecule has 2 aromatic carbocycles. The number of nitrogens with zero attached hydrogens (tertiary/aromatic N) is 3. The van der Waals surface area contributed by atoms with Gasteiger partial charge in [0.1, 0.15) is 12.4 Å². The number of para-hydroxylation sites is 2. The molecular weight excluding hydrogens is 453 g/mol. The van der Waals surface area contributed by atoms with Gasteiger partial charge < -0.3 is 9.47 Å². The van der Waals surface area contributed by atoms with Gasteiger partial charge in [-0.2, -0.15) is 0 Å². The molecule has 2 fully saturated rings. The Bertz CT molecular complexity index is 1110. The van der Waals surface area contributed by atoms with Crippen molar-refractivity contribution < 1.29 is 4.79 Å². The van der Waals surface area contributed by atoms with E-state index in [1.807, 2.05) is 34.9 Å². The first-order chi connectivity index (χ1) is 16.1. The van der Waals surface area contributed by atoms with Crippen LogP contribution >= 0.6 is 23.2 Å². The molecule has 0 aliphatic heterocycles. The molecule has 0 unspecified atom stereocenters. The summed E-state index contributed by atoms with van der Waals surface area (Å²) in [7, 11) is 0. The van der Waals surface area contributed by atoms with Crippen molar-refractivity contribution in [1.29, 1.82) is 0 Å². The summed E-state index contributed by atoms with van der Waals surface area (Å²) < 4.78 is 2.04. The van der Waals surface area contributed by atoms with Crippen molar-refractivity contribution in [3.05, 3.63) is 52.5 Å². The van der Waals surface area contributed by atoms with Crippen LogP contribution in [0.4, 0.5) is 0 Å². The van der Waals surface area contributed by atoms with E-state index in [1.54, 1.807) is 12.1 Å². The highest BCUT2D eigenvalue weighted by Gasteiger charge is 2.33. The number of benzene rings is 2. The van der Waals surface area contributed by atoms with Crippen LogP contribution in [-0.2, 0) is 11.3 Å². The monoisotopic (exact) mass is 483 g/mol. The zero-order chi connectivity index (χ0) is 22.8. The second-order valence-electron chi connectivity index (χ2n) is 9.52. The Balaban J connectivity index is 1.54. The van der Waals surface area contributed by atoms with Gasteiger partial charge in [-0.25, -0.2) is 4.98 Å². The highest BCUT2D eigenvalue weighted by Crippen LogP contribution is 2.34. The molecule has 1 amide bonds. The van der Waals surface area contributed by atoms with Crippen molar-refractivity contribution in [3.8, 4) is 11.4 Å². The van der Waals surface area contributed by atoms with Crippen molar-refractivity contribution in [3.63, 3.8) is 0 Å². The molecular formula is C27H31Cl2N3O. The zero-order valence-electron chi connectivity index (χ0n) is 19.0. The number of carbonyl (C=O) groups excluding carboxylic acids is 1. The van der Waals surface area contributed by atoms with E-state index < -0.39 is 0 Å². The molecule has 33 heavy (non-hydrogen) atoms. The molecule has 2 aliphatic rings. The lowest BCUT2D eigenvalue weighted by Gasteiger charge is -2.42. The minimum Gasteiger partial charge on any atom is -0.335 e. The van der Waals surface area contributed by atoms with Crippen LogP contribution in [-0.4, -0.2) is 32.4 Å². The van der Waals surface area contributed by atoms with Gasteiger partial charge in [0, 0.05) is 22.7 Å². The molecule has 5 rings (SSSR count). The quantitative estimate of drug-likeness (QED) is 0.376. The van der Waals surface area contributed by atoms with Gasteiger partial charge in [0.25, 0.3) is 0 Å². The van der Waals surface area contributed by atoms with Crippen LogP contribution in [0.25, 0.3) is 22.4 Å². The number of hydrogen-bond donors (Lipinski definition) is 0. The van der Waals surface area contributed by atoms with Gasteiger partial charge >= 0.3 is 0 Å². The van der Waals surface area contributed by atoms with E-state index in [0.717, 1.165) is 42.3 Å². The van der Waals surface area contributed by atoms with Crippen LogP contribution < -0.4 is 0 Å². The maximum atomic E-state index is 14.0. The normalized spacial score (nSPS) is 18.0. The highest BCUT2D eigenvalue weighted by molar-refractivity contribution is 6.35. The minimum absolute atomic E-state index is 0.205. The number of amides is 1. The first kappa shape index (κ1) is 22.7. The number of carbonyl (C=O) groups is 1. The van der Waals surface area contributed by atoms with Gasteiger partial charge in [0.2, 0.25) is 5.91 Å². The van der Waals surface area contributed by atoms with Gasteiger partial charge in [0.15, 0.2) is 0 Å². The molecule has 0 radical (unpaired) electrons. The van der Waals surface area contributed by atoms with Gasteiger partial charge in [-0.05, 0) is 56.0 Å². The number of aromatic nitrogens is 2. The zero-order valence-corrected chi connectivity index (χ0v) is 20.5. The molecule has 174 valence electrons. The SMILES string of the molecule is O=C(Cn1c(-c2cc(Cl)ccc2Cl)nc2ccccc21)N(C1CCCCC1)C1CCCCC1. The van der Waals surface area contributed by atoms with E-state index in [2.05, 4.69) is 4.90 Å². The highest BCUT2D eigenvalue weighted by atomic mass is 35.5. The lowest BCUT2D eigenvalue weighted by molar-refractivity contribution is -0.138. The molecule has 1 heterocycles. The first-order valence-electron chi connectivity index (χ1n) is 12.3. The predicted octanol–water partition coefficient (Wildman–Crippen LogP) is 7.50. The van der Waals surface area contributed by atoms with E-state index >= 15 is 0 Å². The van der Waals surface area contributed by atoms with Gasteiger partial charge in [-0.1, -0.05) is 73.9 Å². The molecule has 0 spiro atoms. The van der Waals surface area contributed by atoms with Crippen molar-refractivity contribution in [2.75, 3.05) is 0 Å². The van der Waals surface area contributed by atoms with Crippen molar-refractivity contribution in [2.24, 2.45) is 0 Å². The Labute approximate surface area is 205 Å². The fraction of sp³-hybridized carbons (Fsp3) is 0.481. The van der Waals surface area contributed by atoms with Crippen LogP contribution in [0, 0.1) is 0 Å². The maximum absolute atomic E-state index is 14.0. The summed E-state index contributed by atoms with van der Waals surface area (Å²) >= 11 is 12.9. The average Bonchev–Trinajstić information content (AvgIpc) is 3.20. The summed E-state index contributed by atoms with van der Waals surface area (Å²) in [5.74, 6) is 0.903. The minimum atomic E-state index is 0.205. The molecule has 0 N–H and O–H groups in total. The molecule has 2 saturated carbocycles. The summed E-state index contributed by atoms with van der Waals surface area (Å²) in [5, 5.41) is 1.19. The maximum Gasteiger partial charge on any atom is 0.243 e. The number of imidazole rings is 1. The van der Waals surface area contributed by atoms with E-state index in [-0.39, 0.29) is 12.5 Å². The van der Waals surface area contributed by atoms with Crippen molar-refractivity contribution >= 4 is 40.1 Å². The third kappa shape index (κ3) is 4.79. The Morgan fingerprint density at radius 3 is 2.21 bits per heavy atom. The summed E-state index contributed by atoms with van der Waals surface area (Å²) in [6.07, 6.45) is 12.0. The van der Waals surface area contributed by atoms with Crippen molar-refractivity contribution in [1.82, 2.24) is 14.5 Å². The van der Waals surface area contributed by atoms with Crippen LogP contribution in [0.5, 0.6) is 0 Å². The molecule has 6 heteroatoms. The van der Waals surface area contributed by atoms with E-state index in [9.17, 15) is 4.79 Å². The van der Waals surface area contributed by atoms with Gasteiger partial charge in [-0.3, -0.25) is 4.79 Å². The number of hydrogen-bond acceptors (Lipinski definition) is 2. The van der Waals surface area contributed by atoms with Crippen LogP contribution in [0.2, 0.25) is 10.0 Å². The van der Waals surface area contributed by atoms with Gasteiger partial charge in [0.05, 0.1) is 16.1 Å². The fourth-order valence-electron chi connectivity index (χ4n) is 5.75. The number of halogens is 2. The second-order valence-corrected chi connectivity index (χ2v) is 10.4. The summed E-state index contributed by atoms with van der Waals surface area (Å²) in [6, 6.07) is 14.1. The third-order valence-corrected chi connectivity index (χ3v) is 7.91. The largest absolute Gasteiger partial charge is 0.335 e. The molecule has 4 nitrogen and oxygen atoms in total. The van der Waals surface area contributed by atoms with E-state index in [4.69, 9.17) is 28.2 Å². The van der Waals surface area contributed by atoms with E-state index in [0.29, 0.717) is 28.0 Å². The third-order valence-electron chi connectivity index (χ3n) is 7.34. The standard InChI is InChI=1S/C27H31Cl2N3O/c28-19-15-16-23(29)22(17-19)27-30-24-13-7-8-14-25(24)31(27)18-26(33)32(20-9-3-1-4-10-20)21-11-5-2-6-12-21/h7-8,13-17,20-21H,1-6,9-12,18H2. The molecule has 2 aliphatic carbocycles. The topological polar surface area (TPSA) is 38.1 Å². The lowest BCUT2D eigenvalue weighted by Crippen LogP contribution is -2.50. The Hall–Kier alpha value is -2.04. The number of fused-ring (bicyclic) bond motifs is 1. The Kier molecular flexibility index (Phi) is 6.94. The summed E-state index contributed by atoms with van der Waals surface area (Å²) in [6.45, 7) is 0.270.